The molecule has 1 aromatic heterocycles. The molecule has 2 aliphatic heterocycles. The van der Waals surface area contributed by atoms with Crippen molar-refractivity contribution in [2.45, 2.75) is 25.9 Å². The molecule has 182 valence electrons. The van der Waals surface area contributed by atoms with Gasteiger partial charge in [0, 0.05) is 35.0 Å². The summed E-state index contributed by atoms with van der Waals surface area (Å²) in [6.45, 7) is -12.0. The van der Waals surface area contributed by atoms with Crippen LogP contribution in [0.2, 0.25) is 0 Å². The van der Waals surface area contributed by atoms with Gasteiger partial charge in [-0.15, -0.1) is 0 Å². The SMILES string of the molecule is [2H]C1([2H])/C=C/C([2H])([2H])OC([2H])([2H])c2cccc(c2)-c2ccnc(n2)Nc2ccc(OC([2H])([2H])CN3CC([2H])([2H])C([2H])([2H])C3)c(c2)CO1. The summed E-state index contributed by atoms with van der Waals surface area (Å²) in [7, 11) is 0. The molecule has 1 fully saturated rings. The smallest absolute Gasteiger partial charge is 0.227 e. The van der Waals surface area contributed by atoms with E-state index in [0.717, 1.165) is 6.08 Å². The molecular weight excluding hydrogens is 440 g/mol. The van der Waals surface area contributed by atoms with Gasteiger partial charge in [0.25, 0.3) is 0 Å². The minimum absolute atomic E-state index is 0.00280. The van der Waals surface area contributed by atoms with E-state index in [0.29, 0.717) is 23.0 Å². The van der Waals surface area contributed by atoms with E-state index in [4.69, 9.17) is 30.7 Å². The summed E-state index contributed by atoms with van der Waals surface area (Å²) in [5.41, 5.74) is 1.49. The van der Waals surface area contributed by atoms with Crippen LogP contribution in [-0.4, -0.2) is 54.2 Å². The number of benzene rings is 2. The Labute approximate surface area is 223 Å². The molecule has 1 N–H and O–H groups in total. The molecule has 0 unspecified atom stereocenters. The summed E-state index contributed by atoms with van der Waals surface area (Å²) in [5, 5.41) is 3.04. The summed E-state index contributed by atoms with van der Waals surface area (Å²) < 4.78 is 115. The molecular formula is C28H32N4O3. The van der Waals surface area contributed by atoms with Crippen LogP contribution in [0.5, 0.6) is 5.75 Å². The van der Waals surface area contributed by atoms with Crippen molar-refractivity contribution in [2.75, 3.05) is 44.6 Å². The van der Waals surface area contributed by atoms with Gasteiger partial charge in [-0.05, 0) is 61.7 Å². The molecule has 0 amide bonds. The fourth-order valence-corrected chi connectivity index (χ4v) is 3.38. The normalized spacial score (nSPS) is 30.4. The lowest BCUT2D eigenvalue weighted by Crippen LogP contribution is -2.25. The second-order valence-corrected chi connectivity index (χ2v) is 7.60. The summed E-state index contributed by atoms with van der Waals surface area (Å²) in [4.78, 5) is 10.0. The third-order valence-corrected chi connectivity index (χ3v) is 5.09. The molecule has 7 heteroatoms. The first-order valence-corrected chi connectivity index (χ1v) is 10.9. The zero-order valence-electron chi connectivity index (χ0n) is 30.7. The molecule has 35 heavy (non-hydrogen) atoms. The van der Waals surface area contributed by atoms with Gasteiger partial charge in [-0.25, -0.2) is 9.97 Å². The average Bonchev–Trinajstić information content (AvgIpc) is 3.15. The Bertz CT molecular complexity index is 1640. The average molecular weight is 485 g/mol. The minimum Gasteiger partial charge on any atom is -0.492 e. The predicted molar refractivity (Wildman–Crippen MR) is 137 cm³/mol. The molecule has 0 spiro atoms. The van der Waals surface area contributed by atoms with E-state index >= 15 is 0 Å². The van der Waals surface area contributed by atoms with Gasteiger partial charge < -0.3 is 19.5 Å². The van der Waals surface area contributed by atoms with E-state index in [1.807, 2.05) is 0 Å². The molecule has 2 aromatic carbocycles. The Morgan fingerprint density at radius 1 is 1.06 bits per heavy atom. The Morgan fingerprint density at radius 3 is 2.86 bits per heavy atom. The molecule has 7 nitrogen and oxygen atoms in total. The van der Waals surface area contributed by atoms with Gasteiger partial charge in [0.1, 0.15) is 12.3 Å². The maximum Gasteiger partial charge on any atom is 0.227 e. The molecule has 0 aliphatic carbocycles. The molecule has 6 bridgehead atoms. The number of aromatic nitrogens is 2. The number of nitrogens with zero attached hydrogens (tertiary/aromatic N) is 3. The predicted octanol–water partition coefficient (Wildman–Crippen LogP) is 4.96. The van der Waals surface area contributed by atoms with Gasteiger partial charge in [-0.3, -0.25) is 4.90 Å². The van der Waals surface area contributed by atoms with Crippen LogP contribution < -0.4 is 10.1 Å². The maximum atomic E-state index is 8.48. The van der Waals surface area contributed by atoms with Crippen LogP contribution in [0.3, 0.4) is 0 Å². The number of fused-ring (bicyclic) bond motifs is 7. The highest BCUT2D eigenvalue weighted by Gasteiger charge is 2.13. The second kappa shape index (κ2) is 11.9. The molecule has 2 aliphatic rings. The van der Waals surface area contributed by atoms with Crippen molar-refractivity contribution in [3.8, 4) is 17.0 Å². The fourth-order valence-electron chi connectivity index (χ4n) is 3.38. The first-order valence-electron chi connectivity index (χ1n) is 16.9. The van der Waals surface area contributed by atoms with Crippen LogP contribution >= 0.6 is 0 Å². The van der Waals surface area contributed by atoms with E-state index in [9.17, 15) is 0 Å². The summed E-state index contributed by atoms with van der Waals surface area (Å²) in [6.07, 6.45) is -1.43. The van der Waals surface area contributed by atoms with E-state index in [1.165, 1.54) is 35.4 Å². The second-order valence-electron chi connectivity index (χ2n) is 7.60. The van der Waals surface area contributed by atoms with Crippen LogP contribution in [0.25, 0.3) is 11.3 Å². The van der Waals surface area contributed by atoms with Crippen molar-refractivity contribution in [3.05, 3.63) is 78.0 Å². The number of anilines is 2. The van der Waals surface area contributed by atoms with Crippen LogP contribution in [0.15, 0.2) is 66.9 Å². The van der Waals surface area contributed by atoms with E-state index in [1.54, 1.807) is 24.3 Å². The molecule has 5 rings (SSSR count). The molecule has 0 atom stereocenters. The quantitative estimate of drug-likeness (QED) is 0.525. The van der Waals surface area contributed by atoms with E-state index < -0.39 is 52.1 Å². The Morgan fingerprint density at radius 2 is 1.94 bits per heavy atom. The highest BCUT2D eigenvalue weighted by Crippen LogP contribution is 2.26. The summed E-state index contributed by atoms with van der Waals surface area (Å²) in [5.74, 6) is 0.106. The van der Waals surface area contributed by atoms with Crippen LogP contribution in [0.1, 0.15) is 40.3 Å². The van der Waals surface area contributed by atoms with Crippen LogP contribution in [-0.2, 0) is 22.6 Å². The lowest BCUT2D eigenvalue weighted by Gasteiger charge is -2.17. The van der Waals surface area contributed by atoms with Gasteiger partial charge in [0.2, 0.25) is 5.95 Å². The van der Waals surface area contributed by atoms with Crippen LogP contribution in [0.4, 0.5) is 11.6 Å². The largest absolute Gasteiger partial charge is 0.492 e. The van der Waals surface area contributed by atoms with E-state index in [2.05, 4.69) is 15.3 Å². The minimum atomic E-state index is -2.77. The molecule has 0 saturated carbocycles. The molecule has 3 aromatic rings. The third kappa shape index (κ3) is 6.66. The lowest BCUT2D eigenvalue weighted by molar-refractivity contribution is 0.138. The number of likely N-dealkylation sites (tertiary alicyclic amines) is 1. The lowest BCUT2D eigenvalue weighted by atomic mass is 10.1. The molecule has 1 saturated heterocycles. The van der Waals surface area contributed by atoms with Crippen LogP contribution in [0, 0.1) is 0 Å². The van der Waals surface area contributed by atoms with Crippen molar-refractivity contribution in [3.63, 3.8) is 0 Å². The number of nitrogens with one attached hydrogen (secondary N) is 1. The Kier molecular flexibility index (Phi) is 4.49. The highest BCUT2D eigenvalue weighted by atomic mass is 16.5. The first kappa shape index (κ1) is 13.2. The standard InChI is InChI=1S/C28H32N4O3/c1-2-13-32(12-1)14-17-35-27-9-8-25-19-24(27)21-34-16-4-3-15-33-20-22-6-5-7-23(18-22)26-10-11-29-28(30-25)31-26/h3-11,18-19H,1-2,12-17,20-21H2,(H,29,30,31)/b4-3+/i1D2,2D2,15D2,16D2,17D2,20D2. The number of ether oxygens (including phenoxy) is 3. The summed E-state index contributed by atoms with van der Waals surface area (Å²) in [6, 6.07) is 12.2. The zero-order valence-corrected chi connectivity index (χ0v) is 18.7. The zero-order chi connectivity index (χ0) is 34.5. The van der Waals surface area contributed by atoms with Crippen molar-refractivity contribution in [1.29, 1.82) is 0 Å². The highest BCUT2D eigenvalue weighted by molar-refractivity contribution is 5.63. The van der Waals surface area contributed by atoms with E-state index in [-0.39, 0.29) is 35.9 Å². The topological polar surface area (TPSA) is 68.7 Å². The molecule has 0 radical (unpaired) electrons. The Balaban J connectivity index is 1.49. The van der Waals surface area contributed by atoms with Gasteiger partial charge in [-0.2, -0.15) is 0 Å². The van der Waals surface area contributed by atoms with Crippen molar-refractivity contribution in [2.24, 2.45) is 0 Å². The third-order valence-electron chi connectivity index (χ3n) is 5.09. The maximum absolute atomic E-state index is 8.48. The van der Waals surface area contributed by atoms with Crippen molar-refractivity contribution >= 4 is 11.6 Å². The van der Waals surface area contributed by atoms with Crippen molar-refractivity contribution in [1.82, 2.24) is 14.9 Å². The van der Waals surface area contributed by atoms with Gasteiger partial charge in [0.05, 0.1) is 42.9 Å². The van der Waals surface area contributed by atoms with Gasteiger partial charge in [0.15, 0.2) is 0 Å². The fraction of sp³-hybridized carbons (Fsp3) is 0.357. The summed E-state index contributed by atoms with van der Waals surface area (Å²) >= 11 is 0. The van der Waals surface area contributed by atoms with Gasteiger partial charge >= 0.3 is 0 Å². The molecule has 3 heterocycles. The van der Waals surface area contributed by atoms with Crippen molar-refractivity contribution < 1.29 is 30.7 Å². The van der Waals surface area contributed by atoms with Gasteiger partial charge in [-0.1, -0.05) is 30.4 Å². The number of rotatable bonds is 4. The monoisotopic (exact) mass is 484 g/mol. The number of hydrogen-bond acceptors (Lipinski definition) is 7. The first-order chi connectivity index (χ1) is 21.6. The Hall–Kier alpha value is -3.26. The number of hydrogen-bond donors (Lipinski definition) is 1.